The highest BCUT2D eigenvalue weighted by atomic mass is 35.5. The normalized spacial score (nSPS) is 14.0. The summed E-state index contributed by atoms with van der Waals surface area (Å²) in [6.45, 7) is 3.40. The molecule has 0 bridgehead atoms. The second kappa shape index (κ2) is 10.7. The van der Waals surface area contributed by atoms with Gasteiger partial charge in [0.1, 0.15) is 6.61 Å². The van der Waals surface area contributed by atoms with E-state index in [-0.39, 0.29) is 17.6 Å². The first-order valence-electron chi connectivity index (χ1n) is 11.4. The van der Waals surface area contributed by atoms with Crippen molar-refractivity contribution < 1.29 is 19.1 Å². The van der Waals surface area contributed by atoms with Gasteiger partial charge in [0.15, 0.2) is 17.3 Å². The van der Waals surface area contributed by atoms with Crippen molar-refractivity contribution in [2.45, 2.75) is 26.4 Å². The van der Waals surface area contributed by atoms with Crippen LogP contribution in [0.1, 0.15) is 44.7 Å². The monoisotopic (exact) mass is 477 g/mol. The number of aryl methyl sites for hydroxylation is 1. The van der Waals surface area contributed by atoms with Gasteiger partial charge in [-0.25, -0.2) is 0 Å². The summed E-state index contributed by atoms with van der Waals surface area (Å²) in [5.74, 6) is 1.07. The molecule has 0 aliphatic carbocycles. The highest BCUT2D eigenvalue weighted by Gasteiger charge is 2.28. The number of nitrogens with zero attached hydrogens (tertiary/aromatic N) is 1. The van der Waals surface area contributed by atoms with E-state index >= 15 is 0 Å². The van der Waals surface area contributed by atoms with Crippen molar-refractivity contribution in [1.82, 2.24) is 4.90 Å². The van der Waals surface area contributed by atoms with Gasteiger partial charge < -0.3 is 14.4 Å². The smallest absolute Gasteiger partial charge is 0.253 e. The van der Waals surface area contributed by atoms with E-state index in [1.807, 2.05) is 55.5 Å². The lowest BCUT2D eigenvalue weighted by atomic mass is 9.88. The maximum atomic E-state index is 13.1. The Morgan fingerprint density at radius 1 is 0.941 bits per heavy atom. The number of rotatable bonds is 7. The summed E-state index contributed by atoms with van der Waals surface area (Å²) in [7, 11) is 1.55. The number of halogens is 1. The van der Waals surface area contributed by atoms with Gasteiger partial charge in [-0.15, -0.1) is 0 Å². The number of carbonyl (C=O) groups excluding carboxylic acids is 2. The van der Waals surface area contributed by atoms with Crippen molar-refractivity contribution in [3.8, 4) is 11.5 Å². The van der Waals surface area contributed by atoms with E-state index in [1.165, 1.54) is 0 Å². The molecule has 4 rings (SSSR count). The summed E-state index contributed by atoms with van der Waals surface area (Å²) < 4.78 is 11.4. The predicted octanol–water partition coefficient (Wildman–Crippen LogP) is 5.97. The van der Waals surface area contributed by atoms with E-state index in [4.69, 9.17) is 21.1 Å². The molecule has 0 atom stereocenters. The summed E-state index contributed by atoms with van der Waals surface area (Å²) in [6, 6.07) is 20.4. The quantitative estimate of drug-likeness (QED) is 0.393. The molecular formula is C28H28ClNO4. The maximum Gasteiger partial charge on any atom is 0.253 e. The molecule has 3 aromatic carbocycles. The predicted molar refractivity (Wildman–Crippen MR) is 133 cm³/mol. The van der Waals surface area contributed by atoms with Gasteiger partial charge in [0.2, 0.25) is 0 Å². The molecule has 0 N–H and O–H groups in total. The molecule has 1 aliphatic rings. The number of benzene rings is 3. The number of ether oxygens (including phenoxy) is 2. The second-order valence-corrected chi connectivity index (χ2v) is 8.95. The third-order valence-electron chi connectivity index (χ3n) is 6.24. The Balaban J connectivity index is 1.38. The summed E-state index contributed by atoms with van der Waals surface area (Å²) in [5, 5.41) is 0.637. The summed E-state index contributed by atoms with van der Waals surface area (Å²) >= 11 is 6.21. The third-order valence-corrected chi connectivity index (χ3v) is 6.61. The SMILES string of the molecule is COc1cc(C(=O)N2CCC(C(=O)c3ccc(C)cc3)CC2)ccc1OCc1ccccc1Cl. The summed E-state index contributed by atoms with van der Waals surface area (Å²) in [6.07, 6.45) is 1.32. The molecule has 5 nitrogen and oxygen atoms in total. The number of carbonyl (C=O) groups is 2. The molecule has 6 heteroatoms. The van der Waals surface area contributed by atoms with Crippen LogP contribution in [0, 0.1) is 12.8 Å². The molecule has 0 radical (unpaired) electrons. The molecular weight excluding hydrogens is 450 g/mol. The van der Waals surface area contributed by atoms with Crippen molar-refractivity contribution in [2.75, 3.05) is 20.2 Å². The third kappa shape index (κ3) is 5.42. The van der Waals surface area contributed by atoms with Crippen molar-refractivity contribution >= 4 is 23.3 Å². The van der Waals surface area contributed by atoms with Gasteiger partial charge in [0.05, 0.1) is 7.11 Å². The molecule has 3 aromatic rings. The summed E-state index contributed by atoms with van der Waals surface area (Å²) in [5.41, 5.74) is 3.28. The van der Waals surface area contributed by atoms with Gasteiger partial charge >= 0.3 is 0 Å². The van der Waals surface area contributed by atoms with Crippen LogP contribution in [0.15, 0.2) is 66.7 Å². The fourth-order valence-electron chi connectivity index (χ4n) is 4.17. The highest BCUT2D eigenvalue weighted by molar-refractivity contribution is 6.31. The Bertz CT molecular complexity index is 1170. The van der Waals surface area contributed by atoms with Crippen LogP contribution in [-0.4, -0.2) is 36.8 Å². The van der Waals surface area contributed by atoms with Crippen LogP contribution >= 0.6 is 11.6 Å². The fraction of sp³-hybridized carbons (Fsp3) is 0.286. The van der Waals surface area contributed by atoms with Gasteiger partial charge in [-0.3, -0.25) is 9.59 Å². The minimum atomic E-state index is -0.0720. The van der Waals surface area contributed by atoms with Crippen LogP contribution in [0.4, 0.5) is 0 Å². The number of piperidine rings is 1. The van der Waals surface area contributed by atoms with Gasteiger partial charge in [-0.1, -0.05) is 59.6 Å². The van der Waals surface area contributed by atoms with E-state index in [9.17, 15) is 9.59 Å². The van der Waals surface area contributed by atoms with Crippen molar-refractivity contribution in [3.63, 3.8) is 0 Å². The number of Topliss-reactive ketones (excluding diaryl/α,β-unsaturated/α-hetero) is 1. The van der Waals surface area contributed by atoms with Crippen LogP contribution in [0.3, 0.4) is 0 Å². The summed E-state index contributed by atoms with van der Waals surface area (Å²) in [4.78, 5) is 27.7. The average molecular weight is 478 g/mol. The van der Waals surface area contributed by atoms with Crippen molar-refractivity contribution in [1.29, 1.82) is 0 Å². The standard InChI is InChI=1S/C28H28ClNO4/c1-19-7-9-20(10-8-19)27(31)21-13-15-30(16-14-21)28(32)22-11-12-25(26(17-22)33-2)34-18-23-5-3-4-6-24(23)29/h3-12,17,21H,13-16,18H2,1-2H3. The zero-order valence-electron chi connectivity index (χ0n) is 19.4. The molecule has 34 heavy (non-hydrogen) atoms. The number of hydrogen-bond donors (Lipinski definition) is 0. The average Bonchev–Trinajstić information content (AvgIpc) is 2.88. The lowest BCUT2D eigenvalue weighted by molar-refractivity contribution is 0.0650. The molecule has 0 spiro atoms. The molecule has 176 valence electrons. The second-order valence-electron chi connectivity index (χ2n) is 8.54. The van der Waals surface area contributed by atoms with E-state index in [2.05, 4.69) is 0 Å². The molecule has 0 saturated carbocycles. The Labute approximate surface area is 205 Å². The van der Waals surface area contributed by atoms with Crippen LogP contribution in [0.2, 0.25) is 5.02 Å². The molecule has 1 fully saturated rings. The first-order valence-corrected chi connectivity index (χ1v) is 11.8. The number of likely N-dealkylation sites (tertiary alicyclic amines) is 1. The van der Waals surface area contributed by atoms with Gasteiger partial charge in [-0.2, -0.15) is 0 Å². The molecule has 1 saturated heterocycles. The van der Waals surface area contributed by atoms with Gasteiger partial charge in [-0.05, 0) is 44.0 Å². The van der Waals surface area contributed by atoms with Gasteiger partial charge in [0.25, 0.3) is 5.91 Å². The van der Waals surface area contributed by atoms with Crippen LogP contribution < -0.4 is 9.47 Å². The molecule has 0 unspecified atom stereocenters. The Morgan fingerprint density at radius 2 is 1.62 bits per heavy atom. The van der Waals surface area contributed by atoms with E-state index in [1.54, 1.807) is 30.2 Å². The zero-order valence-corrected chi connectivity index (χ0v) is 20.2. The molecule has 1 heterocycles. The Hall–Kier alpha value is -3.31. The number of methoxy groups -OCH3 is 1. The van der Waals surface area contributed by atoms with Crippen molar-refractivity contribution in [2.24, 2.45) is 5.92 Å². The molecule has 1 aliphatic heterocycles. The van der Waals surface area contributed by atoms with E-state index in [0.29, 0.717) is 54.6 Å². The lowest BCUT2D eigenvalue weighted by Crippen LogP contribution is -2.40. The van der Waals surface area contributed by atoms with Crippen LogP contribution in [0.5, 0.6) is 11.5 Å². The van der Waals surface area contributed by atoms with Crippen LogP contribution in [-0.2, 0) is 6.61 Å². The first-order chi connectivity index (χ1) is 16.5. The first kappa shape index (κ1) is 23.8. The molecule has 0 aromatic heterocycles. The van der Waals surface area contributed by atoms with Crippen LogP contribution in [0.25, 0.3) is 0 Å². The van der Waals surface area contributed by atoms with Gasteiger partial charge in [0, 0.05) is 40.7 Å². The molecule has 1 amide bonds. The highest BCUT2D eigenvalue weighted by Crippen LogP contribution is 2.31. The number of hydrogen-bond acceptors (Lipinski definition) is 4. The minimum Gasteiger partial charge on any atom is -0.493 e. The van der Waals surface area contributed by atoms with E-state index in [0.717, 1.165) is 16.7 Å². The number of ketones is 1. The minimum absolute atomic E-state index is 0.0538. The zero-order chi connectivity index (χ0) is 24.1. The van der Waals surface area contributed by atoms with E-state index < -0.39 is 0 Å². The van der Waals surface area contributed by atoms with Crippen molar-refractivity contribution in [3.05, 3.63) is 94.0 Å². The largest absolute Gasteiger partial charge is 0.493 e. The number of amides is 1. The lowest BCUT2D eigenvalue weighted by Gasteiger charge is -2.31. The fourth-order valence-corrected chi connectivity index (χ4v) is 4.36. The Morgan fingerprint density at radius 3 is 2.29 bits per heavy atom. The topological polar surface area (TPSA) is 55.8 Å². The Kier molecular flexibility index (Phi) is 7.53. The maximum absolute atomic E-state index is 13.1.